The van der Waals surface area contributed by atoms with E-state index in [-0.39, 0.29) is 4.75 Å². The third-order valence-corrected chi connectivity index (χ3v) is 4.38. The Hall–Kier alpha value is -0.740. The molecule has 2 rings (SSSR count). The van der Waals surface area contributed by atoms with Gasteiger partial charge in [0, 0.05) is 42.0 Å². The Balaban J connectivity index is 1.95. The summed E-state index contributed by atoms with van der Waals surface area (Å²) in [6, 6.07) is 4.36. The average Bonchev–Trinajstić information content (AvgIpc) is 2.38. The minimum absolute atomic E-state index is 0.246. The van der Waals surface area contributed by atoms with Crippen LogP contribution in [0.25, 0.3) is 0 Å². The number of pyridine rings is 1. The molecule has 0 radical (unpaired) electrons. The molecule has 1 aromatic heterocycles. The Morgan fingerprint density at radius 2 is 1.84 bits per heavy atom. The maximum Gasteiger partial charge on any atom is 0.128 e. The number of anilines is 1. The second-order valence-corrected chi connectivity index (χ2v) is 7.89. The first-order valence-electron chi connectivity index (χ1n) is 7.10. The first-order chi connectivity index (χ1) is 8.98. The van der Waals surface area contributed by atoms with Crippen molar-refractivity contribution in [2.45, 2.75) is 37.3 Å². The van der Waals surface area contributed by atoms with Gasteiger partial charge in [0.25, 0.3) is 0 Å². The highest BCUT2D eigenvalue weighted by atomic mass is 32.2. The molecular weight excluding hydrogens is 254 g/mol. The summed E-state index contributed by atoms with van der Waals surface area (Å²) < 4.78 is 0.246. The molecule has 3 nitrogen and oxygen atoms in total. The molecule has 2 heterocycles. The lowest BCUT2D eigenvalue weighted by atomic mass is 10.3. The van der Waals surface area contributed by atoms with Gasteiger partial charge in [0.15, 0.2) is 0 Å². The SMILES string of the molecule is CCN1CCN(c2ccc(SC(C)(C)C)cn2)CC1. The van der Waals surface area contributed by atoms with E-state index in [9.17, 15) is 0 Å². The largest absolute Gasteiger partial charge is 0.354 e. The first-order valence-corrected chi connectivity index (χ1v) is 7.92. The number of thioether (sulfide) groups is 1. The molecule has 0 bridgehead atoms. The fourth-order valence-corrected chi connectivity index (χ4v) is 3.22. The summed E-state index contributed by atoms with van der Waals surface area (Å²) in [5.41, 5.74) is 0. The van der Waals surface area contributed by atoms with Crippen LogP contribution in [0.5, 0.6) is 0 Å². The second kappa shape index (κ2) is 6.14. The monoisotopic (exact) mass is 279 g/mol. The van der Waals surface area contributed by atoms with Gasteiger partial charge in [0.05, 0.1) is 0 Å². The van der Waals surface area contributed by atoms with E-state index >= 15 is 0 Å². The maximum atomic E-state index is 4.62. The van der Waals surface area contributed by atoms with Gasteiger partial charge in [-0.05, 0) is 18.7 Å². The molecule has 4 heteroatoms. The molecule has 106 valence electrons. The number of likely N-dealkylation sites (N-methyl/N-ethyl adjacent to an activating group) is 1. The fraction of sp³-hybridized carbons (Fsp3) is 0.667. The average molecular weight is 279 g/mol. The van der Waals surface area contributed by atoms with Crippen molar-refractivity contribution in [1.29, 1.82) is 0 Å². The van der Waals surface area contributed by atoms with E-state index in [2.05, 4.69) is 54.6 Å². The predicted molar refractivity (Wildman–Crippen MR) is 84.2 cm³/mol. The molecule has 0 unspecified atom stereocenters. The lowest BCUT2D eigenvalue weighted by molar-refractivity contribution is 0.270. The molecule has 1 aliphatic rings. The number of hydrogen-bond acceptors (Lipinski definition) is 4. The number of rotatable bonds is 3. The topological polar surface area (TPSA) is 19.4 Å². The van der Waals surface area contributed by atoms with Crippen LogP contribution < -0.4 is 4.90 Å². The lowest BCUT2D eigenvalue weighted by Gasteiger charge is -2.34. The van der Waals surface area contributed by atoms with Crippen molar-refractivity contribution in [3.63, 3.8) is 0 Å². The standard InChI is InChI=1S/C15H25N3S/c1-5-17-8-10-18(11-9-17)14-7-6-13(12-16-14)19-15(2,3)4/h6-7,12H,5,8-11H2,1-4H3. The normalized spacial score (nSPS) is 17.8. The molecule has 0 amide bonds. The van der Waals surface area contributed by atoms with Gasteiger partial charge in [-0.1, -0.05) is 27.7 Å². The second-order valence-electron chi connectivity index (χ2n) is 5.99. The molecule has 1 aliphatic heterocycles. The molecule has 1 aromatic rings. The number of aromatic nitrogens is 1. The highest BCUT2D eigenvalue weighted by molar-refractivity contribution is 8.00. The summed E-state index contributed by atoms with van der Waals surface area (Å²) >= 11 is 1.87. The zero-order valence-corrected chi connectivity index (χ0v) is 13.3. The van der Waals surface area contributed by atoms with Gasteiger partial charge in [0.2, 0.25) is 0 Å². The zero-order chi connectivity index (χ0) is 13.9. The van der Waals surface area contributed by atoms with Crippen LogP contribution in [0.1, 0.15) is 27.7 Å². The van der Waals surface area contributed by atoms with Gasteiger partial charge >= 0.3 is 0 Å². The lowest BCUT2D eigenvalue weighted by Crippen LogP contribution is -2.46. The summed E-state index contributed by atoms with van der Waals surface area (Å²) in [6.07, 6.45) is 2.01. The van der Waals surface area contributed by atoms with E-state index in [0.717, 1.165) is 38.5 Å². The van der Waals surface area contributed by atoms with Gasteiger partial charge in [0.1, 0.15) is 5.82 Å². The molecule has 19 heavy (non-hydrogen) atoms. The van der Waals surface area contributed by atoms with E-state index in [0.29, 0.717) is 0 Å². The summed E-state index contributed by atoms with van der Waals surface area (Å²) in [7, 11) is 0. The molecule has 0 N–H and O–H groups in total. The fourth-order valence-electron chi connectivity index (χ4n) is 2.27. The molecular formula is C15H25N3S. The quantitative estimate of drug-likeness (QED) is 0.792. The van der Waals surface area contributed by atoms with Crippen molar-refractivity contribution >= 4 is 17.6 Å². The molecule has 0 spiro atoms. The van der Waals surface area contributed by atoms with Crippen molar-refractivity contribution in [2.75, 3.05) is 37.6 Å². The highest BCUT2D eigenvalue weighted by Crippen LogP contribution is 2.31. The Morgan fingerprint density at radius 1 is 1.16 bits per heavy atom. The van der Waals surface area contributed by atoms with Gasteiger partial charge in [-0.2, -0.15) is 0 Å². The number of hydrogen-bond donors (Lipinski definition) is 0. The van der Waals surface area contributed by atoms with E-state index in [1.807, 2.05) is 18.0 Å². The molecule has 0 aromatic carbocycles. The first kappa shape index (κ1) is 14.7. The summed E-state index contributed by atoms with van der Waals surface area (Å²) in [5, 5.41) is 0. The molecule has 0 aliphatic carbocycles. The Morgan fingerprint density at radius 3 is 2.32 bits per heavy atom. The number of nitrogens with zero attached hydrogens (tertiary/aromatic N) is 3. The smallest absolute Gasteiger partial charge is 0.128 e. The third kappa shape index (κ3) is 4.39. The van der Waals surface area contributed by atoms with Crippen molar-refractivity contribution in [3.8, 4) is 0 Å². The van der Waals surface area contributed by atoms with E-state index < -0.39 is 0 Å². The predicted octanol–water partition coefficient (Wildman–Crippen LogP) is 3.11. The number of piperazine rings is 1. The van der Waals surface area contributed by atoms with Crippen LogP contribution >= 0.6 is 11.8 Å². The summed E-state index contributed by atoms with van der Waals surface area (Å²) in [4.78, 5) is 10.8. The van der Waals surface area contributed by atoms with Gasteiger partial charge < -0.3 is 9.80 Å². The molecule has 1 fully saturated rings. The van der Waals surface area contributed by atoms with Crippen LogP contribution in [0.4, 0.5) is 5.82 Å². The van der Waals surface area contributed by atoms with Crippen molar-refractivity contribution in [1.82, 2.24) is 9.88 Å². The van der Waals surface area contributed by atoms with Gasteiger partial charge in [-0.25, -0.2) is 4.98 Å². The van der Waals surface area contributed by atoms with E-state index in [1.165, 1.54) is 4.90 Å². The summed E-state index contributed by atoms with van der Waals surface area (Å²) in [5.74, 6) is 1.12. The van der Waals surface area contributed by atoms with Crippen LogP contribution in [-0.2, 0) is 0 Å². The van der Waals surface area contributed by atoms with Crippen LogP contribution in [0.2, 0.25) is 0 Å². The highest BCUT2D eigenvalue weighted by Gasteiger charge is 2.17. The van der Waals surface area contributed by atoms with Crippen LogP contribution in [0, 0.1) is 0 Å². The van der Waals surface area contributed by atoms with Gasteiger partial charge in [-0.15, -0.1) is 11.8 Å². The zero-order valence-electron chi connectivity index (χ0n) is 12.5. The minimum atomic E-state index is 0.246. The Labute approximate surface area is 121 Å². The van der Waals surface area contributed by atoms with E-state index in [4.69, 9.17) is 0 Å². The Kier molecular flexibility index (Phi) is 4.74. The molecule has 0 saturated carbocycles. The molecule has 1 saturated heterocycles. The summed E-state index contributed by atoms with van der Waals surface area (Å²) in [6.45, 7) is 14.6. The van der Waals surface area contributed by atoms with Gasteiger partial charge in [-0.3, -0.25) is 0 Å². The third-order valence-electron chi connectivity index (χ3n) is 3.29. The maximum absolute atomic E-state index is 4.62. The van der Waals surface area contributed by atoms with Crippen LogP contribution in [0.15, 0.2) is 23.2 Å². The van der Waals surface area contributed by atoms with Crippen LogP contribution in [-0.4, -0.2) is 47.4 Å². The molecule has 0 atom stereocenters. The van der Waals surface area contributed by atoms with E-state index in [1.54, 1.807) is 0 Å². The van der Waals surface area contributed by atoms with Crippen molar-refractivity contribution in [3.05, 3.63) is 18.3 Å². The van der Waals surface area contributed by atoms with Crippen molar-refractivity contribution < 1.29 is 0 Å². The van der Waals surface area contributed by atoms with Crippen LogP contribution in [0.3, 0.4) is 0 Å². The Bertz CT molecular complexity index is 389. The minimum Gasteiger partial charge on any atom is -0.354 e. The van der Waals surface area contributed by atoms with Crippen molar-refractivity contribution in [2.24, 2.45) is 0 Å².